The van der Waals surface area contributed by atoms with Crippen LogP contribution in [-0.2, 0) is 0 Å². The standard InChI is InChI=1S/C14H13ClNPS.C8H7FO2.C6H12.2C2H6/c1-10-2-5-12(6-3-10)16-9-17-18-14-7-4-11(15)8-13(14)16;1-5-2-3-7(9)6(4-5)8(10)11;1-2-4-6-5-3-1;2*1-2/h2-8,17H,9H2,1H3;2-4H,1H3,(H,10,11);1-6H2;2*1-2H3. The summed E-state index contributed by atoms with van der Waals surface area (Å²) in [6.45, 7) is 11.8. The minimum atomic E-state index is -1.23. The number of fused-ring (bicyclic) bond motifs is 1. The summed E-state index contributed by atoms with van der Waals surface area (Å²) in [6.07, 6.45) is 10.1. The number of aromatic carboxylic acids is 1. The first-order chi connectivity index (χ1) is 18.8. The molecular weight excluding hydrogens is 548 g/mol. The maximum absolute atomic E-state index is 12.6. The smallest absolute Gasteiger partial charge is 0.338 e. The maximum atomic E-state index is 12.6. The number of benzene rings is 3. The summed E-state index contributed by atoms with van der Waals surface area (Å²) in [5.41, 5.74) is 4.24. The zero-order chi connectivity index (χ0) is 29.2. The summed E-state index contributed by atoms with van der Waals surface area (Å²) in [5, 5.41) is 9.25. The Morgan fingerprint density at radius 3 is 1.90 bits per heavy atom. The number of rotatable bonds is 2. The Hall–Kier alpha value is -2.07. The largest absolute Gasteiger partial charge is 0.478 e. The van der Waals surface area contributed by atoms with Gasteiger partial charge in [0.1, 0.15) is 5.82 Å². The van der Waals surface area contributed by atoms with Gasteiger partial charge in [0.15, 0.2) is 0 Å². The van der Waals surface area contributed by atoms with Crippen molar-refractivity contribution in [1.82, 2.24) is 0 Å². The van der Waals surface area contributed by atoms with Crippen molar-refractivity contribution in [2.24, 2.45) is 0 Å². The predicted octanol–water partition coefficient (Wildman–Crippen LogP) is 11.7. The summed E-state index contributed by atoms with van der Waals surface area (Å²) in [7, 11) is 0.868. The molecule has 0 amide bonds. The van der Waals surface area contributed by atoms with Crippen molar-refractivity contribution >= 4 is 48.1 Å². The first-order valence-corrected chi connectivity index (χ1v) is 17.0. The van der Waals surface area contributed by atoms with Crippen LogP contribution in [0.15, 0.2) is 65.6 Å². The molecule has 1 atom stereocenters. The SMILES string of the molecule is C1CCCCC1.CC.CC.Cc1ccc(F)c(C(=O)O)c1.Cc1ccc(N2CPSc3ccc(Cl)cc32)cc1. The van der Waals surface area contributed by atoms with Crippen LogP contribution in [0, 0.1) is 19.7 Å². The number of hydrogen-bond donors (Lipinski definition) is 1. The van der Waals surface area contributed by atoms with Gasteiger partial charge >= 0.3 is 5.97 Å². The van der Waals surface area contributed by atoms with Crippen molar-refractivity contribution < 1.29 is 14.3 Å². The van der Waals surface area contributed by atoms with Gasteiger partial charge in [0, 0.05) is 21.9 Å². The number of aryl methyl sites for hydroxylation is 2. The Morgan fingerprint density at radius 2 is 1.38 bits per heavy atom. The van der Waals surface area contributed by atoms with Crippen LogP contribution in [0.3, 0.4) is 0 Å². The van der Waals surface area contributed by atoms with E-state index in [0.29, 0.717) is 0 Å². The van der Waals surface area contributed by atoms with Crippen molar-refractivity contribution in [1.29, 1.82) is 0 Å². The summed E-state index contributed by atoms with van der Waals surface area (Å²) < 4.78 is 12.6. The molecule has 1 fully saturated rings. The summed E-state index contributed by atoms with van der Waals surface area (Å²) in [6, 6.07) is 18.8. The van der Waals surface area contributed by atoms with Crippen molar-refractivity contribution in [3.8, 4) is 0 Å². The van der Waals surface area contributed by atoms with E-state index in [1.54, 1.807) is 6.92 Å². The van der Waals surface area contributed by atoms with Crippen LogP contribution in [0.1, 0.15) is 87.7 Å². The average molecular weight is 592 g/mol. The van der Waals surface area contributed by atoms with Gasteiger partial charge in [0.05, 0.1) is 11.3 Å². The van der Waals surface area contributed by atoms with Gasteiger partial charge in [0.2, 0.25) is 0 Å². The second-order valence-electron chi connectivity index (χ2n) is 8.69. The lowest BCUT2D eigenvalue weighted by molar-refractivity contribution is 0.0691. The number of carboxylic acid groups (broad SMARTS) is 1. The fourth-order valence-corrected chi connectivity index (χ4v) is 6.71. The highest BCUT2D eigenvalue weighted by molar-refractivity contribution is 8.49. The molecule has 1 aliphatic heterocycles. The molecule has 1 N–H and O–H groups in total. The van der Waals surface area contributed by atoms with Crippen LogP contribution in [-0.4, -0.2) is 17.4 Å². The Labute approximate surface area is 246 Å². The van der Waals surface area contributed by atoms with Crippen molar-refractivity contribution in [3.05, 3.63) is 88.2 Å². The Bertz CT molecular complexity index is 1110. The fourth-order valence-electron chi connectivity index (χ4n) is 3.87. The molecule has 0 bridgehead atoms. The number of anilines is 2. The topological polar surface area (TPSA) is 40.5 Å². The van der Waals surface area contributed by atoms with E-state index < -0.39 is 11.8 Å². The van der Waals surface area contributed by atoms with Crippen LogP contribution in [0.5, 0.6) is 0 Å². The highest BCUT2D eigenvalue weighted by Gasteiger charge is 2.19. The van der Waals surface area contributed by atoms with Crippen LogP contribution in [0.25, 0.3) is 0 Å². The molecule has 5 rings (SSSR count). The van der Waals surface area contributed by atoms with Gasteiger partial charge in [-0.1, -0.05) is 119 Å². The molecule has 0 radical (unpaired) electrons. The van der Waals surface area contributed by atoms with Gasteiger partial charge in [-0.25, -0.2) is 9.18 Å². The van der Waals surface area contributed by atoms with E-state index in [9.17, 15) is 9.18 Å². The van der Waals surface area contributed by atoms with Crippen LogP contribution in [0.4, 0.5) is 15.8 Å². The summed E-state index contributed by atoms with van der Waals surface area (Å²) >= 11 is 8.05. The highest BCUT2D eigenvalue weighted by atomic mass is 35.5. The zero-order valence-electron chi connectivity index (χ0n) is 24.2. The van der Waals surface area contributed by atoms with Crippen LogP contribution in [0.2, 0.25) is 5.02 Å². The molecule has 0 spiro atoms. The number of carbonyl (C=O) groups is 1. The lowest BCUT2D eigenvalue weighted by atomic mass is 10.0. The third kappa shape index (κ3) is 12.3. The summed E-state index contributed by atoms with van der Waals surface area (Å²) in [5.74, 6) is -1.92. The average Bonchev–Trinajstić information content (AvgIpc) is 2.98. The van der Waals surface area contributed by atoms with E-state index in [0.717, 1.165) is 30.7 Å². The second-order valence-corrected chi connectivity index (χ2v) is 11.9. The molecular formula is C32H44ClFNO2PS. The zero-order valence-corrected chi connectivity index (χ0v) is 26.8. The highest BCUT2D eigenvalue weighted by Crippen LogP contribution is 2.50. The van der Waals surface area contributed by atoms with Gasteiger partial charge < -0.3 is 10.0 Å². The lowest BCUT2D eigenvalue weighted by Crippen LogP contribution is -2.17. The first-order valence-electron chi connectivity index (χ1n) is 13.9. The Balaban J connectivity index is 0.000000308. The molecule has 3 nitrogen and oxygen atoms in total. The minimum Gasteiger partial charge on any atom is -0.478 e. The molecule has 7 heteroatoms. The van der Waals surface area contributed by atoms with Gasteiger partial charge in [0.25, 0.3) is 0 Å². The normalized spacial score (nSPS) is 14.0. The monoisotopic (exact) mass is 591 g/mol. The lowest BCUT2D eigenvalue weighted by Gasteiger charge is -2.31. The molecule has 2 aliphatic rings. The number of carboxylic acids is 1. The molecule has 3 aromatic rings. The van der Waals surface area contributed by atoms with Gasteiger partial charge in [-0.15, -0.1) is 0 Å². The third-order valence-corrected chi connectivity index (χ3v) is 8.68. The molecule has 214 valence electrons. The van der Waals surface area contributed by atoms with E-state index in [1.807, 2.05) is 45.1 Å². The van der Waals surface area contributed by atoms with Crippen molar-refractivity contribution in [2.75, 3.05) is 11.2 Å². The van der Waals surface area contributed by atoms with Crippen molar-refractivity contribution in [3.63, 3.8) is 0 Å². The van der Waals surface area contributed by atoms with Crippen molar-refractivity contribution in [2.45, 2.75) is 85.0 Å². The van der Waals surface area contributed by atoms with Gasteiger partial charge in [-0.05, 0) is 64.1 Å². The summed E-state index contributed by atoms with van der Waals surface area (Å²) in [4.78, 5) is 14.0. The van der Waals surface area contributed by atoms with Crippen LogP contribution >= 0.6 is 30.8 Å². The van der Waals surface area contributed by atoms with E-state index in [4.69, 9.17) is 16.7 Å². The molecule has 1 aliphatic carbocycles. The number of hydrogen-bond acceptors (Lipinski definition) is 3. The molecule has 1 unspecified atom stereocenters. The fraction of sp³-hybridized carbons (Fsp3) is 0.406. The third-order valence-electron chi connectivity index (χ3n) is 5.81. The van der Waals surface area contributed by atoms with E-state index in [-0.39, 0.29) is 5.56 Å². The predicted molar refractivity (Wildman–Crippen MR) is 172 cm³/mol. The van der Waals surface area contributed by atoms with Gasteiger partial charge in [-0.3, -0.25) is 0 Å². The molecule has 1 heterocycles. The van der Waals surface area contributed by atoms with E-state index in [2.05, 4.69) is 48.2 Å². The van der Waals surface area contributed by atoms with E-state index >= 15 is 0 Å². The number of nitrogens with zero attached hydrogens (tertiary/aromatic N) is 1. The Kier molecular flexibility index (Phi) is 17.8. The quantitative estimate of drug-likeness (QED) is 0.301. The van der Waals surface area contributed by atoms with E-state index in [1.165, 1.54) is 72.5 Å². The molecule has 0 aromatic heterocycles. The molecule has 39 heavy (non-hydrogen) atoms. The first kappa shape index (κ1) is 35.0. The molecule has 3 aromatic carbocycles. The molecule has 1 saturated carbocycles. The maximum Gasteiger partial charge on any atom is 0.338 e. The minimum absolute atomic E-state index is 0.273. The van der Waals surface area contributed by atoms with Crippen LogP contribution < -0.4 is 4.90 Å². The molecule has 0 saturated heterocycles. The number of halogens is 2. The Morgan fingerprint density at radius 1 is 0.846 bits per heavy atom. The van der Waals surface area contributed by atoms with Gasteiger partial charge in [-0.2, -0.15) is 0 Å². The second kappa shape index (κ2) is 19.9.